The summed E-state index contributed by atoms with van der Waals surface area (Å²) in [6.45, 7) is 2.36. The lowest BCUT2D eigenvalue weighted by molar-refractivity contribution is -0.145. The third-order valence-corrected chi connectivity index (χ3v) is 10.3. The third kappa shape index (κ3) is 28.2. The number of nitrogens with two attached hydrogens (primary N) is 3. The number of rotatable bonds is 39. The minimum absolute atomic E-state index is 0.0753. The minimum Gasteiger partial charge on any atom is -0.481 e. The van der Waals surface area contributed by atoms with Crippen LogP contribution in [0.25, 0.3) is 0 Å². The number of aliphatic hydroxyl groups excluding tert-OH is 2. The fourth-order valence-corrected chi connectivity index (χ4v) is 6.58. The first kappa shape index (κ1) is 59.6. The number of carbonyl (C=O) groups excluding carboxylic acids is 8. The van der Waals surface area contributed by atoms with Gasteiger partial charge in [0.25, 0.3) is 0 Å². The summed E-state index contributed by atoms with van der Waals surface area (Å²) in [6.07, 6.45) is 9.36. The molecule has 7 atom stereocenters. The molecule has 23 heteroatoms. The summed E-state index contributed by atoms with van der Waals surface area (Å²) in [4.78, 5) is 126. The van der Waals surface area contributed by atoms with Crippen LogP contribution >= 0.6 is 0 Å². The highest BCUT2D eigenvalue weighted by Gasteiger charge is 2.34. The molecule has 0 saturated carbocycles. The molecule has 16 N–H and O–H groups in total. The zero-order valence-corrected chi connectivity index (χ0v) is 37.9. The SMILES string of the molecule is CCCCCCCCCCCCCCC(=O)NC(CCC(N)=O)C(=O)NC(CC(N)=O)C(=O)NC(CO)C(=O)NC(CCCCN)C(=O)NC(CCC(=O)O)C(=O)NC(C(=O)O)C(C)O. The maximum atomic E-state index is 13.5. The predicted octanol–water partition coefficient (Wildman–Crippen LogP) is -1.42. The van der Waals surface area contributed by atoms with Gasteiger partial charge < -0.3 is 69.5 Å². The standard InChI is InChI=1S/C42H75N9O14/c1-3-4-5-6-7-8-9-10-11-12-13-14-18-34(56)46-28(19-21-32(44)54)38(60)49-30(24-33(45)55)40(62)50-31(25-52)41(63)47-27(17-15-16-23-43)37(59)48-29(20-22-35(57)58)39(61)51-36(26(2)53)42(64)65/h26-31,36,52-53H,3-25,43H2,1-2H3,(H2,44,54)(H2,45,55)(H,46,56)(H,47,63)(H,48,59)(H,49,60)(H,50,62)(H,51,61)(H,57,58)(H,64,65). The second-order valence-corrected chi connectivity index (χ2v) is 16.1. The number of aliphatic carboxylic acids is 2. The Morgan fingerprint density at radius 2 is 0.923 bits per heavy atom. The first-order valence-corrected chi connectivity index (χ1v) is 22.6. The molecule has 0 aliphatic rings. The van der Waals surface area contributed by atoms with Gasteiger partial charge in [-0.15, -0.1) is 0 Å². The quantitative estimate of drug-likeness (QED) is 0.0315. The summed E-state index contributed by atoms with van der Waals surface area (Å²) < 4.78 is 0. The molecule has 0 saturated heterocycles. The summed E-state index contributed by atoms with van der Waals surface area (Å²) in [6, 6.07) is -9.95. The average Bonchev–Trinajstić information content (AvgIpc) is 3.23. The number of primary amides is 2. The van der Waals surface area contributed by atoms with E-state index in [4.69, 9.17) is 17.2 Å². The van der Waals surface area contributed by atoms with E-state index in [1.807, 2.05) is 5.32 Å². The molecule has 0 fully saturated rings. The Hall–Kier alpha value is -5.42. The minimum atomic E-state index is -1.83. The molecule has 8 amide bonds. The van der Waals surface area contributed by atoms with Crippen LogP contribution in [-0.4, -0.2) is 135 Å². The number of amides is 8. The Balaban J connectivity index is 5.85. The number of carbonyl (C=O) groups is 10. The van der Waals surface area contributed by atoms with Gasteiger partial charge in [-0.1, -0.05) is 77.6 Å². The van der Waals surface area contributed by atoms with Crippen LogP contribution in [0.2, 0.25) is 0 Å². The van der Waals surface area contributed by atoms with E-state index in [1.165, 1.54) is 38.5 Å². The van der Waals surface area contributed by atoms with Gasteiger partial charge in [0, 0.05) is 19.3 Å². The molecule has 0 aliphatic carbocycles. The molecule has 0 aliphatic heterocycles. The molecule has 0 spiro atoms. The molecule has 0 bridgehead atoms. The summed E-state index contributed by atoms with van der Waals surface area (Å²) >= 11 is 0. The van der Waals surface area contributed by atoms with E-state index < -0.39 is 127 Å². The average molecular weight is 930 g/mol. The molecule has 0 radical (unpaired) electrons. The number of nitrogens with one attached hydrogen (secondary N) is 6. The Morgan fingerprint density at radius 3 is 1.38 bits per heavy atom. The van der Waals surface area contributed by atoms with Gasteiger partial charge in [0.15, 0.2) is 6.04 Å². The normalized spacial score (nSPS) is 14.2. The summed E-state index contributed by atoms with van der Waals surface area (Å²) in [5, 5.41) is 52.1. The van der Waals surface area contributed by atoms with Crippen LogP contribution in [0.1, 0.15) is 149 Å². The van der Waals surface area contributed by atoms with E-state index >= 15 is 0 Å². The van der Waals surface area contributed by atoms with Crippen molar-refractivity contribution in [1.82, 2.24) is 31.9 Å². The Kier molecular flexibility index (Phi) is 32.0. The largest absolute Gasteiger partial charge is 0.481 e. The van der Waals surface area contributed by atoms with Gasteiger partial charge in [0.2, 0.25) is 47.3 Å². The lowest BCUT2D eigenvalue weighted by Gasteiger charge is -2.27. The van der Waals surface area contributed by atoms with Crippen molar-refractivity contribution in [2.24, 2.45) is 17.2 Å². The van der Waals surface area contributed by atoms with Crippen LogP contribution in [0, 0.1) is 0 Å². The van der Waals surface area contributed by atoms with Crippen molar-refractivity contribution in [2.75, 3.05) is 13.2 Å². The van der Waals surface area contributed by atoms with Crippen molar-refractivity contribution in [1.29, 1.82) is 0 Å². The van der Waals surface area contributed by atoms with E-state index in [2.05, 4.69) is 33.5 Å². The highest BCUT2D eigenvalue weighted by molar-refractivity contribution is 5.98. The Bertz CT molecular complexity index is 1530. The van der Waals surface area contributed by atoms with Gasteiger partial charge >= 0.3 is 11.9 Å². The van der Waals surface area contributed by atoms with Crippen LogP contribution < -0.4 is 49.1 Å². The van der Waals surface area contributed by atoms with Crippen molar-refractivity contribution >= 4 is 59.2 Å². The fourth-order valence-electron chi connectivity index (χ4n) is 6.58. The first-order valence-electron chi connectivity index (χ1n) is 22.6. The third-order valence-electron chi connectivity index (χ3n) is 10.3. The monoisotopic (exact) mass is 930 g/mol. The van der Waals surface area contributed by atoms with Gasteiger partial charge in [0.05, 0.1) is 19.1 Å². The molecular formula is C42H75N9O14. The van der Waals surface area contributed by atoms with Crippen molar-refractivity contribution in [3.8, 4) is 0 Å². The second-order valence-electron chi connectivity index (χ2n) is 16.1. The first-order chi connectivity index (χ1) is 30.8. The van der Waals surface area contributed by atoms with E-state index in [1.54, 1.807) is 0 Å². The smallest absolute Gasteiger partial charge is 0.328 e. The number of hydrogen-bond acceptors (Lipinski definition) is 13. The van der Waals surface area contributed by atoms with Crippen LogP contribution in [0.15, 0.2) is 0 Å². The van der Waals surface area contributed by atoms with E-state index in [-0.39, 0.29) is 38.6 Å². The molecule has 0 aromatic carbocycles. The Labute approximate surface area is 380 Å². The number of hydrogen-bond donors (Lipinski definition) is 13. The molecule has 7 unspecified atom stereocenters. The van der Waals surface area contributed by atoms with Crippen molar-refractivity contribution < 1.29 is 68.4 Å². The predicted molar refractivity (Wildman–Crippen MR) is 236 cm³/mol. The number of carboxylic acid groups (broad SMARTS) is 2. The lowest BCUT2D eigenvalue weighted by Crippen LogP contribution is -2.60. The molecular weight excluding hydrogens is 855 g/mol. The maximum absolute atomic E-state index is 13.5. The van der Waals surface area contributed by atoms with Crippen LogP contribution in [0.5, 0.6) is 0 Å². The topological polar surface area (TPSA) is 402 Å². The van der Waals surface area contributed by atoms with Crippen molar-refractivity contribution in [3.05, 3.63) is 0 Å². The van der Waals surface area contributed by atoms with Crippen LogP contribution in [-0.2, 0) is 47.9 Å². The summed E-state index contributed by atoms with van der Waals surface area (Å²) in [7, 11) is 0. The molecule has 65 heavy (non-hydrogen) atoms. The number of unbranched alkanes of at least 4 members (excludes halogenated alkanes) is 12. The zero-order chi connectivity index (χ0) is 49.3. The molecule has 0 aromatic heterocycles. The van der Waals surface area contributed by atoms with Gasteiger partial charge in [-0.2, -0.15) is 0 Å². The molecule has 0 rings (SSSR count). The van der Waals surface area contributed by atoms with E-state index in [9.17, 15) is 68.4 Å². The van der Waals surface area contributed by atoms with Crippen LogP contribution in [0.3, 0.4) is 0 Å². The molecule has 23 nitrogen and oxygen atoms in total. The molecule has 372 valence electrons. The summed E-state index contributed by atoms with van der Waals surface area (Å²) in [5.41, 5.74) is 16.2. The lowest BCUT2D eigenvalue weighted by atomic mass is 10.0. The van der Waals surface area contributed by atoms with Gasteiger partial charge in [-0.25, -0.2) is 4.79 Å². The van der Waals surface area contributed by atoms with Crippen molar-refractivity contribution in [3.63, 3.8) is 0 Å². The van der Waals surface area contributed by atoms with E-state index in [0.29, 0.717) is 12.8 Å². The fraction of sp³-hybridized carbons (Fsp3) is 0.762. The van der Waals surface area contributed by atoms with Gasteiger partial charge in [-0.05, 0) is 52.0 Å². The molecule has 0 heterocycles. The number of aliphatic hydroxyl groups is 2. The highest BCUT2D eigenvalue weighted by atomic mass is 16.4. The van der Waals surface area contributed by atoms with Crippen molar-refractivity contribution in [2.45, 2.75) is 191 Å². The van der Waals surface area contributed by atoms with E-state index in [0.717, 1.165) is 39.0 Å². The van der Waals surface area contributed by atoms with Gasteiger partial charge in [0.1, 0.15) is 30.2 Å². The second kappa shape index (κ2) is 34.9. The van der Waals surface area contributed by atoms with Crippen LogP contribution in [0.4, 0.5) is 0 Å². The highest BCUT2D eigenvalue weighted by Crippen LogP contribution is 2.13. The van der Waals surface area contributed by atoms with Gasteiger partial charge in [-0.3, -0.25) is 43.2 Å². The summed E-state index contributed by atoms with van der Waals surface area (Å²) in [5.74, 6) is -10.9. The maximum Gasteiger partial charge on any atom is 0.328 e. The molecule has 0 aromatic rings. The zero-order valence-electron chi connectivity index (χ0n) is 37.9. The Morgan fingerprint density at radius 1 is 0.492 bits per heavy atom. The number of carboxylic acids is 2.